The van der Waals surface area contributed by atoms with Crippen LogP contribution in [0.2, 0.25) is 0 Å². The molecule has 1 aliphatic heterocycles. The number of aromatic amines is 1. The van der Waals surface area contributed by atoms with E-state index in [9.17, 15) is 0 Å². The summed E-state index contributed by atoms with van der Waals surface area (Å²) in [5.41, 5.74) is 6.11. The Bertz CT molecular complexity index is 986. The van der Waals surface area contributed by atoms with Crippen molar-refractivity contribution in [2.45, 2.75) is 50.2 Å². The maximum Gasteiger partial charge on any atom is 0.0764 e. The highest BCUT2D eigenvalue weighted by atomic mass is 79.9. The minimum atomic E-state index is 0.343. The zero-order valence-corrected chi connectivity index (χ0v) is 16.6. The summed E-state index contributed by atoms with van der Waals surface area (Å²) in [6, 6.07) is 18.7. The number of nitrogens with zero attached hydrogens (tertiary/aromatic N) is 1. The van der Waals surface area contributed by atoms with E-state index in [1.54, 1.807) is 0 Å². The second-order valence-corrected chi connectivity index (χ2v) is 9.60. The number of aromatic nitrogens is 1. The first-order valence-corrected chi connectivity index (χ1v) is 10.6. The van der Waals surface area contributed by atoms with Crippen LogP contribution in [0.5, 0.6) is 0 Å². The highest BCUT2D eigenvalue weighted by Crippen LogP contribution is 2.64. The normalized spacial score (nSPS) is 32.8. The summed E-state index contributed by atoms with van der Waals surface area (Å²) in [5.74, 6) is 0.997. The van der Waals surface area contributed by atoms with Crippen molar-refractivity contribution in [1.82, 2.24) is 9.88 Å². The van der Waals surface area contributed by atoms with Gasteiger partial charge < -0.3 is 4.98 Å². The molecule has 1 aromatic heterocycles. The van der Waals surface area contributed by atoms with Crippen LogP contribution in [-0.2, 0) is 6.42 Å². The lowest BCUT2D eigenvalue weighted by Crippen LogP contribution is -2.71. The fraction of sp³-hybridized carbons (Fsp3) is 0.391. The van der Waals surface area contributed by atoms with Crippen molar-refractivity contribution in [2.75, 3.05) is 0 Å². The second kappa shape index (κ2) is 5.24. The van der Waals surface area contributed by atoms with E-state index in [1.165, 1.54) is 47.0 Å². The van der Waals surface area contributed by atoms with Crippen LogP contribution in [0.3, 0.4) is 0 Å². The van der Waals surface area contributed by atoms with Crippen LogP contribution in [0.25, 0.3) is 10.9 Å². The highest BCUT2D eigenvalue weighted by Gasteiger charge is 2.63. The molecule has 3 heteroatoms. The summed E-state index contributed by atoms with van der Waals surface area (Å²) in [6.45, 7) is 2.44. The molecule has 2 heterocycles. The molecule has 2 aromatic carbocycles. The molecule has 3 fully saturated rings. The lowest BCUT2D eigenvalue weighted by atomic mass is 9.48. The Hall–Kier alpha value is -1.58. The molecule has 2 bridgehead atoms. The molecule has 2 atom stereocenters. The van der Waals surface area contributed by atoms with Crippen LogP contribution in [0.4, 0.5) is 0 Å². The number of benzene rings is 2. The number of hydrogen-bond acceptors (Lipinski definition) is 1. The summed E-state index contributed by atoms with van der Waals surface area (Å²) in [4.78, 5) is 6.68. The topological polar surface area (TPSA) is 19.0 Å². The summed E-state index contributed by atoms with van der Waals surface area (Å²) in [5, 5.41) is 1.41. The summed E-state index contributed by atoms with van der Waals surface area (Å²) < 4.78 is 1.15. The van der Waals surface area contributed by atoms with Gasteiger partial charge in [0.1, 0.15) is 0 Å². The average Bonchev–Trinajstić information content (AvgIpc) is 2.92. The molecule has 0 radical (unpaired) electrons. The molecule has 0 unspecified atom stereocenters. The molecule has 3 aliphatic carbocycles. The fourth-order valence-electron chi connectivity index (χ4n) is 5.92. The molecule has 4 aliphatic rings. The van der Waals surface area contributed by atoms with Gasteiger partial charge >= 0.3 is 0 Å². The molecule has 0 saturated heterocycles. The molecule has 2 nitrogen and oxygen atoms in total. The average molecular weight is 407 g/mol. The first kappa shape index (κ1) is 15.5. The van der Waals surface area contributed by atoms with Crippen molar-refractivity contribution in [3.63, 3.8) is 0 Å². The zero-order valence-electron chi connectivity index (χ0n) is 15.0. The molecular formula is C23H23BrN2. The Labute approximate surface area is 162 Å². The third-order valence-corrected chi connectivity index (χ3v) is 7.64. The van der Waals surface area contributed by atoms with Crippen molar-refractivity contribution in [2.24, 2.45) is 5.92 Å². The molecular weight excluding hydrogens is 384 g/mol. The number of fused-ring (bicyclic) bond motifs is 3. The Kier molecular flexibility index (Phi) is 3.12. The molecule has 26 heavy (non-hydrogen) atoms. The summed E-state index contributed by atoms with van der Waals surface area (Å²) >= 11 is 3.61. The van der Waals surface area contributed by atoms with E-state index in [0.29, 0.717) is 17.6 Å². The predicted molar refractivity (Wildman–Crippen MR) is 109 cm³/mol. The zero-order chi connectivity index (χ0) is 17.5. The van der Waals surface area contributed by atoms with Gasteiger partial charge in [-0.1, -0.05) is 46.3 Å². The standard InChI is InChI=1S/C23H23BrN2/c1-14-10-19-18-4-2-3-5-20(18)25-21(19)22(16-6-8-17(24)9-7-16)26(14)23-11-15(12-23)13-23/h2-9,14-15,22,25H,10-13H2,1H3/t14-,15?,22-,23?/m1/s1. The van der Waals surface area contributed by atoms with Crippen LogP contribution >= 0.6 is 15.9 Å². The third kappa shape index (κ3) is 1.96. The van der Waals surface area contributed by atoms with Crippen molar-refractivity contribution in [1.29, 1.82) is 0 Å². The first-order valence-electron chi connectivity index (χ1n) is 9.78. The molecule has 3 aromatic rings. The van der Waals surface area contributed by atoms with Gasteiger partial charge in [0.2, 0.25) is 0 Å². The van der Waals surface area contributed by atoms with E-state index >= 15 is 0 Å². The Morgan fingerprint density at radius 1 is 1.04 bits per heavy atom. The van der Waals surface area contributed by atoms with Crippen LogP contribution in [0.15, 0.2) is 53.0 Å². The van der Waals surface area contributed by atoms with E-state index in [1.807, 2.05) is 0 Å². The maximum atomic E-state index is 3.81. The van der Waals surface area contributed by atoms with E-state index in [2.05, 4.69) is 81.3 Å². The Balaban J connectivity index is 1.57. The Morgan fingerprint density at radius 2 is 1.77 bits per heavy atom. The van der Waals surface area contributed by atoms with Gasteiger partial charge in [0.05, 0.1) is 6.04 Å². The van der Waals surface area contributed by atoms with E-state index in [4.69, 9.17) is 0 Å². The van der Waals surface area contributed by atoms with Gasteiger partial charge in [-0.05, 0) is 67.9 Å². The number of H-pyrrole nitrogens is 1. The number of rotatable bonds is 2. The third-order valence-electron chi connectivity index (χ3n) is 7.11. The monoisotopic (exact) mass is 406 g/mol. The van der Waals surface area contributed by atoms with Gasteiger partial charge in [-0.15, -0.1) is 0 Å². The minimum absolute atomic E-state index is 0.343. The number of para-hydroxylation sites is 1. The molecule has 3 saturated carbocycles. The van der Waals surface area contributed by atoms with E-state index in [-0.39, 0.29) is 0 Å². The number of halogens is 1. The van der Waals surface area contributed by atoms with Crippen molar-refractivity contribution in [3.05, 3.63) is 69.8 Å². The van der Waals surface area contributed by atoms with Crippen molar-refractivity contribution < 1.29 is 0 Å². The predicted octanol–water partition coefficient (Wildman–Crippen LogP) is 5.82. The minimum Gasteiger partial charge on any atom is -0.357 e. The van der Waals surface area contributed by atoms with Crippen LogP contribution in [0, 0.1) is 5.92 Å². The van der Waals surface area contributed by atoms with Gasteiger partial charge in [0.15, 0.2) is 0 Å². The highest BCUT2D eigenvalue weighted by molar-refractivity contribution is 9.10. The smallest absolute Gasteiger partial charge is 0.0764 e. The van der Waals surface area contributed by atoms with Crippen LogP contribution in [-0.4, -0.2) is 21.5 Å². The second-order valence-electron chi connectivity index (χ2n) is 8.68. The molecule has 132 valence electrons. The van der Waals surface area contributed by atoms with Gasteiger partial charge in [0, 0.05) is 32.7 Å². The lowest BCUT2D eigenvalue weighted by Gasteiger charge is -2.70. The molecule has 0 spiro atoms. The van der Waals surface area contributed by atoms with Crippen LogP contribution in [0.1, 0.15) is 49.0 Å². The Morgan fingerprint density at radius 3 is 2.46 bits per heavy atom. The van der Waals surface area contributed by atoms with Crippen LogP contribution < -0.4 is 0 Å². The number of nitrogens with one attached hydrogen (secondary N) is 1. The summed E-state index contributed by atoms with van der Waals surface area (Å²) in [6.07, 6.45) is 5.36. The fourth-order valence-corrected chi connectivity index (χ4v) is 6.19. The quantitative estimate of drug-likeness (QED) is 0.567. The lowest BCUT2D eigenvalue weighted by molar-refractivity contribution is -0.174. The number of hydrogen-bond donors (Lipinski definition) is 1. The van der Waals surface area contributed by atoms with Gasteiger partial charge in [-0.3, -0.25) is 4.90 Å². The van der Waals surface area contributed by atoms with E-state index in [0.717, 1.165) is 16.8 Å². The van der Waals surface area contributed by atoms with Crippen molar-refractivity contribution in [3.8, 4) is 0 Å². The summed E-state index contributed by atoms with van der Waals surface area (Å²) in [7, 11) is 0. The van der Waals surface area contributed by atoms with Gasteiger partial charge in [-0.2, -0.15) is 0 Å². The first-order chi connectivity index (χ1) is 12.6. The largest absolute Gasteiger partial charge is 0.357 e. The molecule has 0 amide bonds. The maximum absolute atomic E-state index is 3.81. The SMILES string of the molecule is C[C@@H]1Cc2c([nH]c3ccccc23)[C@@H](c2ccc(Br)cc2)N1C12CC(C1)C2. The molecule has 7 rings (SSSR count). The van der Waals surface area contributed by atoms with E-state index < -0.39 is 0 Å². The van der Waals surface area contributed by atoms with Crippen molar-refractivity contribution >= 4 is 26.8 Å². The van der Waals surface area contributed by atoms with Gasteiger partial charge in [0.25, 0.3) is 0 Å². The van der Waals surface area contributed by atoms with Gasteiger partial charge in [-0.25, -0.2) is 0 Å². The molecule has 1 N–H and O–H groups in total.